The number of imidazole rings is 1. The molecular formula is C19H16N8. The van der Waals surface area contributed by atoms with Crippen LogP contribution in [0.3, 0.4) is 0 Å². The highest BCUT2D eigenvalue weighted by atomic mass is 15.3. The van der Waals surface area contributed by atoms with E-state index < -0.39 is 0 Å². The van der Waals surface area contributed by atoms with Gasteiger partial charge in [-0.15, -0.1) is 0 Å². The van der Waals surface area contributed by atoms with Gasteiger partial charge in [-0.05, 0) is 25.1 Å². The van der Waals surface area contributed by atoms with E-state index in [-0.39, 0.29) is 6.04 Å². The number of nitrogens with zero attached hydrogens (tertiary/aromatic N) is 7. The van der Waals surface area contributed by atoms with E-state index in [1.54, 1.807) is 18.7 Å². The van der Waals surface area contributed by atoms with E-state index in [1.807, 2.05) is 46.5 Å². The van der Waals surface area contributed by atoms with Crippen LogP contribution in [0.25, 0.3) is 28.1 Å². The summed E-state index contributed by atoms with van der Waals surface area (Å²) in [5.74, 6) is 1.06. The summed E-state index contributed by atoms with van der Waals surface area (Å²) in [4.78, 5) is 16.9. The third-order valence-electron chi connectivity index (χ3n) is 4.72. The van der Waals surface area contributed by atoms with Crippen molar-refractivity contribution in [3.05, 3.63) is 67.1 Å². The third-order valence-corrected chi connectivity index (χ3v) is 4.72. The predicted molar refractivity (Wildman–Crippen MR) is 102 cm³/mol. The molecule has 2 aromatic heterocycles. The van der Waals surface area contributed by atoms with Crippen molar-refractivity contribution in [3.63, 3.8) is 0 Å². The Morgan fingerprint density at radius 1 is 1.04 bits per heavy atom. The Morgan fingerprint density at radius 2 is 1.93 bits per heavy atom. The Labute approximate surface area is 154 Å². The number of hydrogen-bond acceptors (Lipinski definition) is 6. The number of aromatic nitrogens is 7. The fourth-order valence-electron chi connectivity index (χ4n) is 3.35. The molecule has 1 unspecified atom stereocenters. The van der Waals surface area contributed by atoms with Crippen LogP contribution in [0.15, 0.2) is 61.4 Å². The first-order chi connectivity index (χ1) is 13.2. The lowest BCUT2D eigenvalue weighted by molar-refractivity contribution is 0.609. The molecule has 5 rings (SSSR count). The van der Waals surface area contributed by atoms with Gasteiger partial charge in [0.2, 0.25) is 0 Å². The average molecular weight is 356 g/mol. The molecule has 0 aliphatic carbocycles. The van der Waals surface area contributed by atoms with Crippen LogP contribution in [-0.4, -0.2) is 34.3 Å². The molecule has 0 radical (unpaired) electrons. The summed E-state index contributed by atoms with van der Waals surface area (Å²) >= 11 is 0. The van der Waals surface area contributed by atoms with Gasteiger partial charge in [0, 0.05) is 11.6 Å². The van der Waals surface area contributed by atoms with Gasteiger partial charge in [-0.2, -0.15) is 5.10 Å². The topological polar surface area (TPSA) is 100 Å². The van der Waals surface area contributed by atoms with E-state index in [4.69, 9.17) is 10.8 Å². The molecule has 0 saturated carbocycles. The third kappa shape index (κ3) is 2.34. The Kier molecular flexibility index (Phi) is 3.36. The second-order valence-electron chi connectivity index (χ2n) is 6.28. The SMILES string of the molecule is CC(c1nn(-c2cccnc2)c2ccccc12)n1cnc2ncnc-2c1N. The van der Waals surface area contributed by atoms with Crippen molar-refractivity contribution in [2.45, 2.75) is 13.0 Å². The molecule has 2 N–H and O–H groups in total. The zero-order valence-electron chi connectivity index (χ0n) is 14.6. The van der Waals surface area contributed by atoms with E-state index >= 15 is 0 Å². The van der Waals surface area contributed by atoms with Crippen molar-refractivity contribution in [1.82, 2.24) is 34.3 Å². The molecule has 1 aromatic carbocycles. The van der Waals surface area contributed by atoms with Crippen LogP contribution in [-0.2, 0) is 0 Å². The number of fused-ring (bicyclic) bond motifs is 2. The molecule has 27 heavy (non-hydrogen) atoms. The maximum Gasteiger partial charge on any atom is 0.184 e. The molecule has 0 saturated heterocycles. The summed E-state index contributed by atoms with van der Waals surface area (Å²) in [6, 6.07) is 11.9. The maximum absolute atomic E-state index is 6.34. The summed E-state index contributed by atoms with van der Waals surface area (Å²) in [5.41, 5.74) is 9.74. The van der Waals surface area contributed by atoms with Crippen LogP contribution < -0.4 is 5.73 Å². The molecular weight excluding hydrogens is 340 g/mol. The molecule has 0 amide bonds. The summed E-state index contributed by atoms with van der Waals surface area (Å²) < 4.78 is 3.78. The van der Waals surface area contributed by atoms with Gasteiger partial charge in [-0.1, -0.05) is 18.2 Å². The van der Waals surface area contributed by atoms with Crippen molar-refractivity contribution in [3.8, 4) is 17.2 Å². The predicted octanol–water partition coefficient (Wildman–Crippen LogP) is 2.70. The molecule has 2 aliphatic rings. The van der Waals surface area contributed by atoms with Crippen LogP contribution in [0.5, 0.6) is 0 Å². The zero-order chi connectivity index (χ0) is 18.4. The number of rotatable bonds is 3. The van der Waals surface area contributed by atoms with E-state index in [2.05, 4.69) is 26.0 Å². The van der Waals surface area contributed by atoms with E-state index in [9.17, 15) is 0 Å². The number of pyridine rings is 1. The number of benzene rings is 1. The highest BCUT2D eigenvalue weighted by Crippen LogP contribution is 2.31. The quantitative estimate of drug-likeness (QED) is 0.533. The monoisotopic (exact) mass is 356 g/mol. The van der Waals surface area contributed by atoms with Gasteiger partial charge in [-0.3, -0.25) is 4.98 Å². The highest BCUT2D eigenvalue weighted by Gasteiger charge is 2.22. The number of nitrogens with two attached hydrogens (primary N) is 1. The Bertz CT molecular complexity index is 1210. The Morgan fingerprint density at radius 3 is 2.78 bits per heavy atom. The molecule has 2 aliphatic heterocycles. The fourth-order valence-corrected chi connectivity index (χ4v) is 3.35. The van der Waals surface area contributed by atoms with Crippen LogP contribution in [0.2, 0.25) is 0 Å². The zero-order valence-corrected chi connectivity index (χ0v) is 14.6. The second kappa shape index (κ2) is 5.87. The molecule has 0 spiro atoms. The van der Waals surface area contributed by atoms with Gasteiger partial charge in [0.05, 0.1) is 35.5 Å². The van der Waals surface area contributed by atoms with Crippen LogP contribution in [0, 0.1) is 0 Å². The standard InChI is InChI=1S/C19H16N8/c1-12(26-11-24-19-17(18(26)20)22-10-23-19)16-14-6-2-3-7-15(14)27(25-16)13-5-4-8-21-9-13/h2-12H,20H2,1H3. The van der Waals surface area contributed by atoms with Gasteiger partial charge in [-0.25, -0.2) is 19.6 Å². The number of para-hydroxylation sites is 1. The van der Waals surface area contributed by atoms with Gasteiger partial charge in [0.15, 0.2) is 5.82 Å². The first-order valence-corrected chi connectivity index (χ1v) is 8.55. The van der Waals surface area contributed by atoms with Gasteiger partial charge in [0.25, 0.3) is 0 Å². The molecule has 4 heterocycles. The Hall–Kier alpha value is -3.81. The van der Waals surface area contributed by atoms with Gasteiger partial charge >= 0.3 is 0 Å². The minimum absolute atomic E-state index is 0.138. The lowest BCUT2D eigenvalue weighted by Crippen LogP contribution is -2.15. The second-order valence-corrected chi connectivity index (χ2v) is 6.28. The minimum Gasteiger partial charge on any atom is -0.383 e. The molecule has 0 fully saturated rings. The molecule has 3 aromatic rings. The first-order valence-electron chi connectivity index (χ1n) is 8.55. The largest absolute Gasteiger partial charge is 0.383 e. The van der Waals surface area contributed by atoms with Crippen molar-refractivity contribution < 1.29 is 0 Å². The summed E-state index contributed by atoms with van der Waals surface area (Å²) in [6.07, 6.45) is 6.70. The lowest BCUT2D eigenvalue weighted by atomic mass is 10.1. The average Bonchev–Trinajstić information content (AvgIpc) is 3.34. The number of hydrogen-bond donors (Lipinski definition) is 1. The normalized spacial score (nSPS) is 12.6. The fraction of sp³-hybridized carbons (Fsp3) is 0.105. The van der Waals surface area contributed by atoms with E-state index in [1.165, 1.54) is 6.33 Å². The van der Waals surface area contributed by atoms with Crippen molar-refractivity contribution in [1.29, 1.82) is 0 Å². The first kappa shape index (κ1) is 15.4. The lowest BCUT2D eigenvalue weighted by Gasteiger charge is -2.18. The molecule has 1 atom stereocenters. The van der Waals surface area contributed by atoms with Gasteiger partial charge < -0.3 is 10.3 Å². The summed E-state index contributed by atoms with van der Waals surface area (Å²) in [5, 5.41) is 5.93. The maximum atomic E-state index is 6.34. The Balaban J connectivity index is 1.71. The van der Waals surface area contributed by atoms with E-state index in [0.717, 1.165) is 22.3 Å². The smallest absolute Gasteiger partial charge is 0.184 e. The van der Waals surface area contributed by atoms with Crippen LogP contribution >= 0.6 is 0 Å². The minimum atomic E-state index is -0.138. The molecule has 132 valence electrons. The number of nitrogen functional groups attached to an aromatic ring is 1. The van der Waals surface area contributed by atoms with Crippen molar-refractivity contribution in [2.75, 3.05) is 5.73 Å². The summed E-state index contributed by atoms with van der Waals surface area (Å²) in [6.45, 7) is 2.04. The number of anilines is 1. The van der Waals surface area contributed by atoms with E-state index in [0.29, 0.717) is 17.3 Å². The highest BCUT2D eigenvalue weighted by molar-refractivity contribution is 5.84. The van der Waals surface area contributed by atoms with Gasteiger partial charge in [0.1, 0.15) is 17.8 Å². The van der Waals surface area contributed by atoms with Crippen LogP contribution in [0.4, 0.5) is 5.82 Å². The molecule has 0 bridgehead atoms. The molecule has 8 heteroatoms. The van der Waals surface area contributed by atoms with Crippen molar-refractivity contribution in [2.24, 2.45) is 0 Å². The van der Waals surface area contributed by atoms with Crippen molar-refractivity contribution >= 4 is 16.7 Å². The van der Waals surface area contributed by atoms with Crippen LogP contribution in [0.1, 0.15) is 18.7 Å². The molecule has 8 nitrogen and oxygen atoms in total. The summed E-state index contributed by atoms with van der Waals surface area (Å²) in [7, 11) is 0.